The number of aryl methyl sites for hydroxylation is 1. The summed E-state index contributed by atoms with van der Waals surface area (Å²) in [5.41, 5.74) is -1.77. The molecule has 0 spiro atoms. The first-order chi connectivity index (χ1) is 15.1. The van der Waals surface area contributed by atoms with E-state index >= 15 is 0 Å². The molecule has 1 aromatic rings. The van der Waals surface area contributed by atoms with Gasteiger partial charge in [-0.25, -0.2) is 9.18 Å². The van der Waals surface area contributed by atoms with Gasteiger partial charge in [-0.2, -0.15) is 5.10 Å². The molecule has 32 heavy (non-hydrogen) atoms. The summed E-state index contributed by atoms with van der Waals surface area (Å²) in [5, 5.41) is 14.0. The minimum absolute atomic E-state index is 0.126. The number of aromatic nitrogens is 2. The molecule has 1 heterocycles. The zero-order valence-electron chi connectivity index (χ0n) is 18.7. The fourth-order valence-corrected chi connectivity index (χ4v) is 4.60. The van der Waals surface area contributed by atoms with Crippen LogP contribution in [0.15, 0.2) is 12.3 Å². The number of nitrogens with zero attached hydrogens (tertiary/aromatic N) is 2. The number of ketones is 1. The van der Waals surface area contributed by atoms with Crippen LogP contribution in [0.25, 0.3) is 0 Å². The minimum Gasteiger partial charge on any atom is -0.341 e. The summed E-state index contributed by atoms with van der Waals surface area (Å²) in [6.07, 6.45) is 4.03. The highest BCUT2D eigenvalue weighted by Gasteiger charge is 2.54. The highest BCUT2D eigenvalue weighted by molar-refractivity contribution is 6.44. The lowest BCUT2D eigenvalue weighted by molar-refractivity contribution is -0.146. The normalized spacial score (nSPS) is 24.7. The molecule has 0 saturated heterocycles. The molecular weight excluding hydrogens is 419 g/mol. The van der Waals surface area contributed by atoms with E-state index in [2.05, 4.69) is 33.3 Å². The molecule has 1 unspecified atom stereocenters. The van der Waals surface area contributed by atoms with E-state index in [0.717, 1.165) is 25.7 Å². The molecule has 10 nitrogen and oxygen atoms in total. The van der Waals surface area contributed by atoms with Crippen molar-refractivity contribution in [3.05, 3.63) is 12.3 Å². The van der Waals surface area contributed by atoms with Gasteiger partial charge in [-0.3, -0.25) is 19.1 Å². The van der Waals surface area contributed by atoms with Crippen LogP contribution < -0.4 is 21.3 Å². The van der Waals surface area contributed by atoms with E-state index in [9.17, 15) is 23.6 Å². The van der Waals surface area contributed by atoms with Gasteiger partial charge in [0.05, 0.1) is 0 Å². The van der Waals surface area contributed by atoms with Crippen molar-refractivity contribution >= 4 is 29.4 Å². The SMILES string of the molecule is CNC(=O)NC(CC1(C)CCCC1)C(=O)NC1(C(=O)C(=O)Nc2ccn(C)n2)CC(F)C1. The van der Waals surface area contributed by atoms with Crippen molar-refractivity contribution in [1.82, 2.24) is 25.7 Å². The summed E-state index contributed by atoms with van der Waals surface area (Å²) in [4.78, 5) is 50.5. The van der Waals surface area contributed by atoms with E-state index < -0.39 is 41.4 Å². The zero-order valence-corrected chi connectivity index (χ0v) is 18.7. The number of hydrogen-bond acceptors (Lipinski definition) is 5. The Morgan fingerprint density at radius 1 is 1.25 bits per heavy atom. The number of nitrogens with one attached hydrogen (secondary N) is 4. The quantitative estimate of drug-likeness (QED) is 0.441. The van der Waals surface area contributed by atoms with Crippen molar-refractivity contribution in [3.63, 3.8) is 0 Å². The second kappa shape index (κ2) is 9.25. The molecule has 4 N–H and O–H groups in total. The maximum absolute atomic E-state index is 13.8. The molecule has 1 atom stereocenters. The van der Waals surface area contributed by atoms with Crippen LogP contribution in [0.5, 0.6) is 0 Å². The van der Waals surface area contributed by atoms with E-state index in [4.69, 9.17) is 0 Å². The predicted molar refractivity (Wildman–Crippen MR) is 114 cm³/mol. The van der Waals surface area contributed by atoms with Gasteiger partial charge in [0.2, 0.25) is 11.7 Å². The van der Waals surface area contributed by atoms with Crippen molar-refractivity contribution in [2.75, 3.05) is 12.4 Å². The third-order valence-electron chi connectivity index (χ3n) is 6.45. The van der Waals surface area contributed by atoms with Gasteiger partial charge in [-0.05, 0) is 24.7 Å². The van der Waals surface area contributed by atoms with Crippen molar-refractivity contribution in [3.8, 4) is 0 Å². The van der Waals surface area contributed by atoms with Gasteiger partial charge in [0.1, 0.15) is 17.8 Å². The number of rotatable bonds is 8. The maximum atomic E-state index is 13.8. The summed E-state index contributed by atoms with van der Waals surface area (Å²) < 4.78 is 15.3. The minimum atomic E-state index is -1.64. The van der Waals surface area contributed by atoms with Crippen LogP contribution >= 0.6 is 0 Å². The van der Waals surface area contributed by atoms with E-state index in [1.807, 2.05) is 0 Å². The number of alkyl halides is 1. The monoisotopic (exact) mass is 450 g/mol. The van der Waals surface area contributed by atoms with Gasteiger partial charge in [-0.1, -0.05) is 19.8 Å². The fraction of sp³-hybridized carbons (Fsp3) is 0.667. The third kappa shape index (κ3) is 5.25. The Balaban J connectivity index is 1.73. The van der Waals surface area contributed by atoms with Crippen molar-refractivity contribution in [2.24, 2.45) is 12.5 Å². The number of carbonyl (C=O) groups excluding carboxylic acids is 4. The Kier molecular flexibility index (Phi) is 6.85. The van der Waals surface area contributed by atoms with Gasteiger partial charge in [0.25, 0.3) is 5.91 Å². The molecule has 0 aliphatic heterocycles. The highest BCUT2D eigenvalue weighted by Crippen LogP contribution is 2.42. The smallest absolute Gasteiger partial charge is 0.315 e. The second-order valence-corrected chi connectivity index (χ2v) is 9.23. The Morgan fingerprint density at radius 2 is 1.91 bits per heavy atom. The standard InChI is InChI=1S/C21H31FN6O4/c1-20(7-4-5-8-20)12-14(24-19(32)23-2)17(30)26-21(10-13(22)11-21)16(29)18(31)25-15-6-9-28(3)27-15/h6,9,13-14H,4-5,7-8,10-12H2,1-3H3,(H,26,30)(H2,23,24,32)(H,25,27,31). The first-order valence-electron chi connectivity index (χ1n) is 10.9. The Labute approximate surface area is 186 Å². The largest absolute Gasteiger partial charge is 0.341 e. The van der Waals surface area contributed by atoms with Crippen LogP contribution in [0.2, 0.25) is 0 Å². The van der Waals surface area contributed by atoms with Gasteiger partial charge in [-0.15, -0.1) is 0 Å². The van der Waals surface area contributed by atoms with Crippen LogP contribution in [0.1, 0.15) is 51.9 Å². The Hall–Kier alpha value is -2.98. The molecule has 0 aromatic carbocycles. The van der Waals surface area contributed by atoms with Crippen molar-refractivity contribution in [1.29, 1.82) is 0 Å². The average molecular weight is 451 g/mol. The van der Waals surface area contributed by atoms with E-state index in [1.54, 1.807) is 13.2 Å². The molecule has 4 amide bonds. The number of anilines is 1. The predicted octanol–water partition coefficient (Wildman–Crippen LogP) is 1.18. The molecule has 2 fully saturated rings. The summed E-state index contributed by atoms with van der Waals surface area (Å²) in [6, 6.07) is 0.0676. The van der Waals surface area contributed by atoms with E-state index in [0.29, 0.717) is 6.42 Å². The molecule has 2 aliphatic rings. The van der Waals surface area contributed by atoms with Crippen molar-refractivity contribution in [2.45, 2.75) is 69.6 Å². The Morgan fingerprint density at radius 3 is 2.44 bits per heavy atom. The molecule has 0 radical (unpaired) electrons. The van der Waals surface area contributed by atoms with Crippen LogP contribution in [0.4, 0.5) is 15.0 Å². The third-order valence-corrected chi connectivity index (χ3v) is 6.45. The first kappa shape index (κ1) is 23.7. The fourth-order valence-electron chi connectivity index (χ4n) is 4.60. The molecule has 1 aromatic heterocycles. The van der Waals surface area contributed by atoms with Crippen molar-refractivity contribution < 1.29 is 23.6 Å². The molecule has 2 saturated carbocycles. The van der Waals surface area contributed by atoms with E-state index in [1.165, 1.54) is 17.8 Å². The zero-order chi connectivity index (χ0) is 23.5. The number of urea groups is 1. The Bertz CT molecular complexity index is 889. The van der Waals surface area contributed by atoms with Crippen LogP contribution in [0, 0.1) is 5.41 Å². The molecule has 176 valence electrons. The van der Waals surface area contributed by atoms with Gasteiger partial charge in [0, 0.05) is 39.2 Å². The summed E-state index contributed by atoms with van der Waals surface area (Å²) in [5.74, 6) is -2.34. The topological polar surface area (TPSA) is 134 Å². The lowest BCUT2D eigenvalue weighted by Crippen LogP contribution is -2.68. The highest BCUT2D eigenvalue weighted by atomic mass is 19.1. The van der Waals surface area contributed by atoms with Crippen LogP contribution in [-0.4, -0.2) is 58.2 Å². The van der Waals surface area contributed by atoms with Gasteiger partial charge in [0.15, 0.2) is 5.82 Å². The maximum Gasteiger partial charge on any atom is 0.315 e. The molecule has 2 aliphatic carbocycles. The van der Waals surface area contributed by atoms with Crippen LogP contribution in [-0.2, 0) is 21.4 Å². The molecular formula is C21H31FN6O4. The second-order valence-electron chi connectivity index (χ2n) is 9.23. The summed E-state index contributed by atoms with van der Waals surface area (Å²) in [6.45, 7) is 2.06. The van der Waals surface area contributed by atoms with Gasteiger partial charge < -0.3 is 21.3 Å². The van der Waals surface area contributed by atoms with E-state index in [-0.39, 0.29) is 24.1 Å². The number of amides is 4. The number of carbonyl (C=O) groups is 4. The number of halogens is 1. The number of hydrogen-bond donors (Lipinski definition) is 4. The molecule has 11 heteroatoms. The number of Topliss-reactive ketones (excluding diaryl/α,β-unsaturated/α-hetero) is 1. The van der Waals surface area contributed by atoms with Gasteiger partial charge >= 0.3 is 6.03 Å². The first-order valence-corrected chi connectivity index (χ1v) is 10.9. The summed E-state index contributed by atoms with van der Waals surface area (Å²) >= 11 is 0. The lowest BCUT2D eigenvalue weighted by atomic mass is 9.71. The average Bonchev–Trinajstić information content (AvgIpc) is 3.33. The lowest BCUT2D eigenvalue weighted by Gasteiger charge is -2.43. The molecule has 3 rings (SSSR count). The summed E-state index contributed by atoms with van der Waals surface area (Å²) in [7, 11) is 3.09. The molecule has 0 bridgehead atoms. The van der Waals surface area contributed by atoms with Crippen LogP contribution in [0.3, 0.4) is 0 Å².